The van der Waals surface area contributed by atoms with Crippen LogP contribution in [-0.4, -0.2) is 19.5 Å². The summed E-state index contributed by atoms with van der Waals surface area (Å²) < 4.78 is 26.3. The van der Waals surface area contributed by atoms with Crippen LogP contribution in [0, 0.1) is 6.92 Å². The first-order chi connectivity index (χ1) is 10.4. The van der Waals surface area contributed by atoms with E-state index in [1.165, 1.54) is 30.3 Å². The zero-order valence-corrected chi connectivity index (χ0v) is 12.7. The molecule has 2 aromatic rings. The van der Waals surface area contributed by atoms with Gasteiger partial charge in [0.2, 0.25) is 0 Å². The van der Waals surface area contributed by atoms with Crippen LogP contribution in [-0.2, 0) is 10.0 Å². The molecule has 0 heterocycles. The normalized spacial score (nSPS) is 11.5. The predicted octanol–water partition coefficient (Wildman–Crippen LogP) is 3.11. The zero-order chi connectivity index (χ0) is 16.2. The highest BCUT2D eigenvalue weighted by molar-refractivity contribution is 7.95. The number of rotatable bonds is 5. The van der Waals surface area contributed by atoms with Crippen molar-refractivity contribution in [1.29, 1.82) is 0 Å². The van der Waals surface area contributed by atoms with E-state index in [1.54, 1.807) is 0 Å². The van der Waals surface area contributed by atoms with Crippen molar-refractivity contribution in [2.75, 3.05) is 4.72 Å². The molecule has 5 nitrogen and oxygen atoms in total. The maximum Gasteiger partial charge on any atom is 0.335 e. The molecule has 0 atom stereocenters. The number of benzene rings is 2. The van der Waals surface area contributed by atoms with E-state index in [9.17, 15) is 13.2 Å². The van der Waals surface area contributed by atoms with Crippen molar-refractivity contribution in [2.24, 2.45) is 0 Å². The molecule has 0 aliphatic carbocycles. The Labute approximate surface area is 129 Å². The van der Waals surface area contributed by atoms with Crippen LogP contribution in [0.15, 0.2) is 53.9 Å². The van der Waals surface area contributed by atoms with Crippen LogP contribution in [0.25, 0.3) is 6.08 Å². The van der Waals surface area contributed by atoms with Gasteiger partial charge in [-0.1, -0.05) is 35.9 Å². The summed E-state index contributed by atoms with van der Waals surface area (Å²) in [7, 11) is -3.71. The van der Waals surface area contributed by atoms with Crippen molar-refractivity contribution in [3.63, 3.8) is 0 Å². The lowest BCUT2D eigenvalue weighted by Gasteiger charge is -2.05. The molecule has 0 radical (unpaired) electrons. The Hall–Kier alpha value is -2.60. The summed E-state index contributed by atoms with van der Waals surface area (Å²) in [6.07, 6.45) is 1.48. The van der Waals surface area contributed by atoms with Crippen molar-refractivity contribution < 1.29 is 18.3 Å². The number of carbonyl (C=O) groups is 1. The highest BCUT2D eigenvalue weighted by atomic mass is 32.2. The summed E-state index contributed by atoms with van der Waals surface area (Å²) in [4.78, 5) is 10.9. The van der Waals surface area contributed by atoms with Gasteiger partial charge in [-0.3, -0.25) is 4.72 Å². The second kappa shape index (κ2) is 6.44. The lowest BCUT2D eigenvalue weighted by molar-refractivity contribution is 0.0697. The van der Waals surface area contributed by atoms with E-state index in [1.807, 2.05) is 31.2 Å². The van der Waals surface area contributed by atoms with Crippen LogP contribution in [0.3, 0.4) is 0 Å². The number of aryl methyl sites for hydroxylation is 1. The van der Waals surface area contributed by atoms with E-state index in [0.717, 1.165) is 16.5 Å². The van der Waals surface area contributed by atoms with Crippen molar-refractivity contribution in [2.45, 2.75) is 6.92 Å². The van der Waals surface area contributed by atoms with Crippen LogP contribution in [0.4, 0.5) is 5.69 Å². The van der Waals surface area contributed by atoms with E-state index in [2.05, 4.69) is 4.72 Å². The van der Waals surface area contributed by atoms with E-state index in [0.29, 0.717) is 0 Å². The Kier molecular flexibility index (Phi) is 4.62. The Morgan fingerprint density at radius 3 is 2.45 bits per heavy atom. The van der Waals surface area contributed by atoms with Gasteiger partial charge in [0.1, 0.15) is 0 Å². The number of hydrogen-bond donors (Lipinski definition) is 2. The molecule has 0 fully saturated rings. The molecule has 0 unspecified atom stereocenters. The molecule has 0 aliphatic heterocycles. The summed E-state index contributed by atoms with van der Waals surface area (Å²) in [6, 6.07) is 13.0. The van der Waals surface area contributed by atoms with E-state index in [4.69, 9.17) is 5.11 Å². The molecule has 114 valence electrons. The van der Waals surface area contributed by atoms with Gasteiger partial charge in [0, 0.05) is 5.69 Å². The molecule has 0 aromatic heterocycles. The summed E-state index contributed by atoms with van der Waals surface area (Å²) in [5.41, 5.74) is 2.06. The highest BCUT2D eigenvalue weighted by Gasteiger charge is 2.08. The molecule has 0 saturated carbocycles. The largest absolute Gasteiger partial charge is 0.478 e. The third-order valence-electron chi connectivity index (χ3n) is 2.89. The maximum absolute atomic E-state index is 12.0. The van der Waals surface area contributed by atoms with Gasteiger partial charge >= 0.3 is 5.97 Å². The minimum atomic E-state index is -3.71. The summed E-state index contributed by atoms with van der Waals surface area (Å²) in [6.45, 7) is 1.95. The number of carboxylic acids is 1. The molecule has 0 saturated heterocycles. The Morgan fingerprint density at radius 2 is 1.82 bits per heavy atom. The van der Waals surface area contributed by atoms with Gasteiger partial charge in [0.05, 0.1) is 11.0 Å². The average molecular weight is 317 g/mol. The number of sulfonamides is 1. The van der Waals surface area contributed by atoms with Crippen molar-refractivity contribution in [1.82, 2.24) is 0 Å². The topological polar surface area (TPSA) is 83.5 Å². The van der Waals surface area contributed by atoms with Crippen LogP contribution in [0.1, 0.15) is 21.5 Å². The third kappa shape index (κ3) is 4.46. The quantitative estimate of drug-likeness (QED) is 0.887. The number of hydrogen-bond acceptors (Lipinski definition) is 3. The standard InChI is InChI=1S/C16H15NO4S/c1-12-5-7-13(8-6-12)9-10-22(20,21)17-15-4-2-3-14(11-15)16(18)19/h2-11,17H,1H3,(H,18,19)/b10-9+. The Balaban J connectivity index is 2.15. The second-order valence-electron chi connectivity index (χ2n) is 4.75. The number of anilines is 1. The summed E-state index contributed by atoms with van der Waals surface area (Å²) in [5, 5.41) is 9.94. The fourth-order valence-corrected chi connectivity index (χ4v) is 2.62. The average Bonchev–Trinajstić information content (AvgIpc) is 2.46. The van der Waals surface area contributed by atoms with Gasteiger partial charge in [-0.2, -0.15) is 0 Å². The molecular weight excluding hydrogens is 302 g/mol. The SMILES string of the molecule is Cc1ccc(/C=C/S(=O)(=O)Nc2cccc(C(=O)O)c2)cc1. The number of carboxylic acid groups (broad SMARTS) is 1. The molecule has 0 amide bonds. The van der Waals surface area contributed by atoms with Crippen LogP contribution in [0.2, 0.25) is 0 Å². The van der Waals surface area contributed by atoms with Gasteiger partial charge in [0.15, 0.2) is 0 Å². The summed E-state index contributed by atoms with van der Waals surface area (Å²) >= 11 is 0. The first-order valence-electron chi connectivity index (χ1n) is 6.47. The van der Waals surface area contributed by atoms with Gasteiger partial charge < -0.3 is 5.11 Å². The van der Waals surface area contributed by atoms with Crippen molar-refractivity contribution in [3.8, 4) is 0 Å². The van der Waals surface area contributed by atoms with Crippen LogP contribution in [0.5, 0.6) is 0 Å². The lowest BCUT2D eigenvalue weighted by Crippen LogP contribution is -2.09. The number of aromatic carboxylic acids is 1. The fourth-order valence-electron chi connectivity index (χ4n) is 1.76. The summed E-state index contributed by atoms with van der Waals surface area (Å²) in [5.74, 6) is -1.11. The van der Waals surface area contributed by atoms with Crippen molar-refractivity contribution in [3.05, 3.63) is 70.6 Å². The molecule has 2 rings (SSSR count). The molecule has 2 N–H and O–H groups in total. The highest BCUT2D eigenvalue weighted by Crippen LogP contribution is 2.14. The molecule has 6 heteroatoms. The molecule has 0 spiro atoms. The van der Waals surface area contributed by atoms with Gasteiger partial charge in [-0.15, -0.1) is 0 Å². The third-order valence-corrected chi connectivity index (χ3v) is 3.90. The predicted molar refractivity (Wildman–Crippen MR) is 86.2 cm³/mol. The fraction of sp³-hybridized carbons (Fsp3) is 0.0625. The smallest absolute Gasteiger partial charge is 0.335 e. The first kappa shape index (κ1) is 15.8. The molecule has 0 bridgehead atoms. The monoisotopic (exact) mass is 317 g/mol. The molecular formula is C16H15NO4S. The Bertz CT molecular complexity index is 808. The van der Waals surface area contributed by atoms with E-state index < -0.39 is 16.0 Å². The molecule has 22 heavy (non-hydrogen) atoms. The Morgan fingerprint density at radius 1 is 1.14 bits per heavy atom. The van der Waals surface area contributed by atoms with Crippen LogP contribution < -0.4 is 4.72 Å². The zero-order valence-electron chi connectivity index (χ0n) is 11.9. The first-order valence-corrected chi connectivity index (χ1v) is 8.01. The maximum atomic E-state index is 12.0. The van der Waals surface area contributed by atoms with E-state index >= 15 is 0 Å². The van der Waals surface area contributed by atoms with Gasteiger partial charge in [-0.25, -0.2) is 13.2 Å². The molecule has 0 aliphatic rings. The van der Waals surface area contributed by atoms with Crippen LogP contribution >= 0.6 is 0 Å². The lowest BCUT2D eigenvalue weighted by atomic mass is 10.2. The number of nitrogens with one attached hydrogen (secondary N) is 1. The van der Waals surface area contributed by atoms with Crippen molar-refractivity contribution >= 4 is 27.8 Å². The second-order valence-corrected chi connectivity index (χ2v) is 6.31. The van der Waals surface area contributed by atoms with E-state index in [-0.39, 0.29) is 11.3 Å². The minimum Gasteiger partial charge on any atom is -0.478 e. The van der Waals surface area contributed by atoms with Gasteiger partial charge in [0.25, 0.3) is 10.0 Å². The van der Waals surface area contributed by atoms with Gasteiger partial charge in [-0.05, 0) is 36.8 Å². The minimum absolute atomic E-state index is 0.0164. The molecule has 2 aromatic carbocycles.